The summed E-state index contributed by atoms with van der Waals surface area (Å²) in [4.78, 5) is 0. The van der Waals surface area contributed by atoms with E-state index in [-0.39, 0.29) is 0 Å². The Bertz CT molecular complexity index is 676. The summed E-state index contributed by atoms with van der Waals surface area (Å²) in [7, 11) is 0. The highest BCUT2D eigenvalue weighted by Crippen LogP contribution is 2.29. The van der Waals surface area contributed by atoms with Crippen molar-refractivity contribution >= 4 is 11.6 Å². The number of rotatable bonds is 7. The van der Waals surface area contributed by atoms with E-state index in [1.54, 1.807) is 6.08 Å². The maximum Gasteiger partial charge on any atom is -0.0152 e. The number of allylic oxidation sites excluding steroid dienone is 9. The largest absolute Gasteiger partial charge is 0.0991 e. The van der Waals surface area contributed by atoms with Crippen molar-refractivity contribution in [3.05, 3.63) is 109 Å². The van der Waals surface area contributed by atoms with E-state index < -0.39 is 0 Å². The molecule has 0 unspecified atom stereocenters. The third-order valence-electron chi connectivity index (χ3n) is 3.70. The molecule has 0 aliphatic carbocycles. The molecule has 0 nitrogen and oxygen atoms in total. The van der Waals surface area contributed by atoms with Gasteiger partial charge in [-0.1, -0.05) is 87.0 Å². The lowest BCUT2D eigenvalue weighted by Crippen LogP contribution is -1.93. The fraction of sp³-hybridized carbons (Fsp3) is 0.0909. The van der Waals surface area contributed by atoms with Crippen LogP contribution in [-0.2, 0) is 0 Å². The van der Waals surface area contributed by atoms with Gasteiger partial charge in [-0.25, -0.2) is 0 Å². The van der Waals surface area contributed by atoms with Crippen LogP contribution in [0.1, 0.15) is 25.0 Å². The summed E-state index contributed by atoms with van der Waals surface area (Å²) in [6, 6.07) is 8.25. The molecule has 0 atom stereocenters. The molecule has 0 N–H and O–H groups in total. The fourth-order valence-electron chi connectivity index (χ4n) is 2.35. The summed E-state index contributed by atoms with van der Waals surface area (Å²) in [6.07, 6.45) is 11.2. The fourth-order valence-corrected chi connectivity index (χ4v) is 2.35. The SMILES string of the molecule is C=C\C=C/C(C=C)=C(C=C)/C(C)=C(\C)c1ccccc1C=C. The van der Waals surface area contributed by atoms with Gasteiger partial charge in [0.25, 0.3) is 0 Å². The van der Waals surface area contributed by atoms with Crippen molar-refractivity contribution < 1.29 is 0 Å². The van der Waals surface area contributed by atoms with Gasteiger partial charge in [-0.3, -0.25) is 0 Å². The van der Waals surface area contributed by atoms with E-state index >= 15 is 0 Å². The van der Waals surface area contributed by atoms with Crippen molar-refractivity contribution in [2.24, 2.45) is 0 Å². The van der Waals surface area contributed by atoms with Gasteiger partial charge < -0.3 is 0 Å². The molecule has 1 rings (SSSR count). The summed E-state index contributed by atoms with van der Waals surface area (Å²) in [5.74, 6) is 0. The van der Waals surface area contributed by atoms with E-state index in [1.165, 1.54) is 16.7 Å². The molecule has 0 spiro atoms. The van der Waals surface area contributed by atoms with Crippen LogP contribution in [0.15, 0.2) is 97.7 Å². The molecule has 0 saturated carbocycles. The first-order valence-corrected chi connectivity index (χ1v) is 7.28. The second-order valence-corrected chi connectivity index (χ2v) is 4.91. The van der Waals surface area contributed by atoms with Crippen LogP contribution in [0.5, 0.6) is 0 Å². The number of hydrogen-bond acceptors (Lipinski definition) is 0. The first-order valence-electron chi connectivity index (χ1n) is 7.28. The molecule has 1 aromatic rings. The van der Waals surface area contributed by atoms with E-state index in [0.717, 1.165) is 16.7 Å². The van der Waals surface area contributed by atoms with Crippen molar-refractivity contribution in [3.63, 3.8) is 0 Å². The molecule has 112 valence electrons. The van der Waals surface area contributed by atoms with Crippen LogP contribution in [0.3, 0.4) is 0 Å². The Balaban J connectivity index is 3.55. The highest BCUT2D eigenvalue weighted by molar-refractivity contribution is 5.78. The molecule has 0 bridgehead atoms. The maximum absolute atomic E-state index is 3.96. The van der Waals surface area contributed by atoms with Crippen LogP contribution in [0.2, 0.25) is 0 Å². The molecule has 0 amide bonds. The molecule has 0 radical (unpaired) electrons. The van der Waals surface area contributed by atoms with Crippen LogP contribution in [0, 0.1) is 0 Å². The van der Waals surface area contributed by atoms with Crippen LogP contribution < -0.4 is 0 Å². The Hall–Kier alpha value is -2.60. The molecule has 0 aromatic heterocycles. The second-order valence-electron chi connectivity index (χ2n) is 4.91. The lowest BCUT2D eigenvalue weighted by Gasteiger charge is -2.14. The quantitative estimate of drug-likeness (QED) is 0.500. The van der Waals surface area contributed by atoms with Gasteiger partial charge in [0.2, 0.25) is 0 Å². The second kappa shape index (κ2) is 8.63. The minimum absolute atomic E-state index is 1.03. The molecule has 0 fully saturated rings. The molecule has 0 aliphatic rings. The molecule has 0 saturated heterocycles. The summed E-state index contributed by atoms with van der Waals surface area (Å²) < 4.78 is 0. The molecule has 0 heterocycles. The summed E-state index contributed by atoms with van der Waals surface area (Å²) in [5.41, 5.74) is 6.80. The minimum atomic E-state index is 1.03. The van der Waals surface area contributed by atoms with Gasteiger partial charge >= 0.3 is 0 Å². The number of hydrogen-bond donors (Lipinski definition) is 0. The normalized spacial score (nSPS) is 13.2. The highest BCUT2D eigenvalue weighted by atomic mass is 14.1. The predicted molar refractivity (Wildman–Crippen MR) is 102 cm³/mol. The monoisotopic (exact) mass is 288 g/mol. The van der Waals surface area contributed by atoms with E-state index in [9.17, 15) is 0 Å². The summed E-state index contributed by atoms with van der Waals surface area (Å²) >= 11 is 0. The lowest BCUT2D eigenvalue weighted by atomic mass is 9.91. The number of benzene rings is 1. The van der Waals surface area contributed by atoms with Gasteiger partial charge in [-0.2, -0.15) is 0 Å². The molecular weight excluding hydrogens is 264 g/mol. The van der Waals surface area contributed by atoms with Gasteiger partial charge in [0.05, 0.1) is 0 Å². The van der Waals surface area contributed by atoms with E-state index in [2.05, 4.69) is 52.3 Å². The Morgan fingerprint density at radius 3 is 2.18 bits per heavy atom. The Morgan fingerprint density at radius 1 is 0.955 bits per heavy atom. The lowest BCUT2D eigenvalue weighted by molar-refractivity contribution is 1.37. The zero-order valence-corrected chi connectivity index (χ0v) is 13.6. The van der Waals surface area contributed by atoms with Gasteiger partial charge in [0.15, 0.2) is 0 Å². The van der Waals surface area contributed by atoms with Crippen LogP contribution in [0.25, 0.3) is 11.6 Å². The Labute approximate surface area is 134 Å². The molecule has 1 aromatic carbocycles. The average Bonchev–Trinajstić information content (AvgIpc) is 2.57. The van der Waals surface area contributed by atoms with Crippen LogP contribution in [-0.4, -0.2) is 0 Å². The van der Waals surface area contributed by atoms with Gasteiger partial charge in [-0.05, 0) is 47.3 Å². The van der Waals surface area contributed by atoms with Crippen molar-refractivity contribution in [1.82, 2.24) is 0 Å². The summed E-state index contributed by atoms with van der Waals surface area (Å²) in [6.45, 7) is 19.7. The zero-order chi connectivity index (χ0) is 16.5. The molecule has 0 heteroatoms. The first kappa shape index (κ1) is 17.5. The van der Waals surface area contributed by atoms with Gasteiger partial charge in [-0.15, -0.1) is 0 Å². The highest BCUT2D eigenvalue weighted by Gasteiger charge is 2.08. The first-order chi connectivity index (χ1) is 10.6. The molecule has 0 aliphatic heterocycles. The van der Waals surface area contributed by atoms with Gasteiger partial charge in [0.1, 0.15) is 0 Å². The summed E-state index contributed by atoms with van der Waals surface area (Å²) in [5, 5.41) is 0. The molecule has 22 heavy (non-hydrogen) atoms. The van der Waals surface area contributed by atoms with E-state index in [4.69, 9.17) is 0 Å². The van der Waals surface area contributed by atoms with Crippen molar-refractivity contribution in [1.29, 1.82) is 0 Å². The van der Waals surface area contributed by atoms with Crippen molar-refractivity contribution in [2.75, 3.05) is 0 Å². The van der Waals surface area contributed by atoms with Crippen molar-refractivity contribution in [2.45, 2.75) is 13.8 Å². The third-order valence-corrected chi connectivity index (χ3v) is 3.70. The predicted octanol–water partition coefficient (Wildman–Crippen LogP) is 6.53. The minimum Gasteiger partial charge on any atom is -0.0991 e. The maximum atomic E-state index is 3.96. The van der Waals surface area contributed by atoms with E-state index in [0.29, 0.717) is 0 Å². The zero-order valence-electron chi connectivity index (χ0n) is 13.6. The van der Waals surface area contributed by atoms with Crippen LogP contribution >= 0.6 is 0 Å². The standard InChI is InChI=1S/C22H24/c1-7-11-14-19(8-2)21(10-4)17(5)18(6)22-16-13-12-15-20(22)9-3/h7-16H,1-4H2,5-6H3/b14-11-,18-17+,21-19+. The van der Waals surface area contributed by atoms with Crippen molar-refractivity contribution in [3.8, 4) is 0 Å². The smallest absolute Gasteiger partial charge is 0.0152 e. The molecular formula is C22H24. The van der Waals surface area contributed by atoms with Crippen LogP contribution in [0.4, 0.5) is 0 Å². The topological polar surface area (TPSA) is 0 Å². The Kier molecular flexibility index (Phi) is 6.85. The third kappa shape index (κ3) is 3.95. The van der Waals surface area contributed by atoms with E-state index in [1.807, 2.05) is 42.5 Å². The Morgan fingerprint density at radius 2 is 1.64 bits per heavy atom. The average molecular weight is 288 g/mol. The van der Waals surface area contributed by atoms with Gasteiger partial charge in [0, 0.05) is 0 Å².